The second-order valence-corrected chi connectivity index (χ2v) is 5.34. The number of hydrogen-bond acceptors (Lipinski definition) is 5. The van der Waals surface area contributed by atoms with Crippen molar-refractivity contribution in [2.24, 2.45) is 5.73 Å². The Morgan fingerprint density at radius 2 is 1.70 bits per heavy atom. The van der Waals surface area contributed by atoms with Crippen LogP contribution in [0.1, 0.15) is 31.3 Å². The molecule has 0 unspecified atom stereocenters. The molecule has 0 bridgehead atoms. The van der Waals surface area contributed by atoms with Crippen molar-refractivity contribution in [3.63, 3.8) is 0 Å². The van der Waals surface area contributed by atoms with Crippen LogP contribution in [0, 0.1) is 5.82 Å². The molecule has 1 aromatic carbocycles. The van der Waals surface area contributed by atoms with Gasteiger partial charge in [-0.05, 0) is 36.4 Å². The Bertz CT molecular complexity index is 998. The summed E-state index contributed by atoms with van der Waals surface area (Å²) in [5.74, 6) is -2.12. The standard InChI is InChI=1S/C17H13FN6O3/c18-10-3-1-9(2-4-10)16(26)24-12-6-5-11(7-20-12)23-17(27)14-13(15(19)25)21-8-22-14/h1-8H,(H2,19,25)(H,21,22)(H,23,27)(H,20,24,26). The van der Waals surface area contributed by atoms with E-state index in [2.05, 4.69) is 25.6 Å². The second kappa shape index (κ2) is 7.44. The number of carbonyl (C=O) groups is 3. The summed E-state index contributed by atoms with van der Waals surface area (Å²) in [4.78, 5) is 45.6. The zero-order chi connectivity index (χ0) is 19.4. The number of aromatic nitrogens is 3. The minimum atomic E-state index is -0.835. The van der Waals surface area contributed by atoms with Gasteiger partial charge in [0.1, 0.15) is 17.3 Å². The fourth-order valence-corrected chi connectivity index (χ4v) is 2.18. The molecular weight excluding hydrogens is 355 g/mol. The highest BCUT2D eigenvalue weighted by molar-refractivity contribution is 6.09. The Labute approximate surface area is 151 Å². The number of halogens is 1. The molecule has 10 heteroatoms. The van der Waals surface area contributed by atoms with Crippen LogP contribution < -0.4 is 16.4 Å². The molecule has 0 spiro atoms. The lowest BCUT2D eigenvalue weighted by Crippen LogP contribution is -2.20. The number of nitrogens with two attached hydrogens (primary N) is 1. The lowest BCUT2D eigenvalue weighted by atomic mass is 10.2. The zero-order valence-electron chi connectivity index (χ0n) is 13.7. The third kappa shape index (κ3) is 4.12. The van der Waals surface area contributed by atoms with Crippen molar-refractivity contribution in [2.75, 3.05) is 10.6 Å². The quantitative estimate of drug-likeness (QED) is 0.540. The number of nitrogens with zero attached hydrogens (tertiary/aromatic N) is 2. The molecule has 3 amide bonds. The van der Waals surface area contributed by atoms with Gasteiger partial charge in [0.2, 0.25) is 0 Å². The van der Waals surface area contributed by atoms with Crippen LogP contribution in [0.15, 0.2) is 48.9 Å². The van der Waals surface area contributed by atoms with E-state index in [-0.39, 0.29) is 22.8 Å². The third-order valence-electron chi connectivity index (χ3n) is 3.47. The van der Waals surface area contributed by atoms with E-state index in [1.165, 1.54) is 48.9 Å². The number of aromatic amines is 1. The number of benzene rings is 1. The minimum absolute atomic E-state index is 0.0730. The summed E-state index contributed by atoms with van der Waals surface area (Å²) in [6, 6.07) is 8.03. The van der Waals surface area contributed by atoms with Gasteiger partial charge in [0, 0.05) is 5.56 Å². The molecular formula is C17H13FN6O3. The molecule has 136 valence electrons. The van der Waals surface area contributed by atoms with Gasteiger partial charge >= 0.3 is 0 Å². The summed E-state index contributed by atoms with van der Waals surface area (Å²) >= 11 is 0. The maximum atomic E-state index is 12.9. The van der Waals surface area contributed by atoms with Gasteiger partial charge < -0.3 is 21.4 Å². The van der Waals surface area contributed by atoms with Gasteiger partial charge in [-0.1, -0.05) is 0 Å². The molecule has 0 fully saturated rings. The first-order chi connectivity index (χ1) is 12.9. The molecule has 2 aromatic heterocycles. The molecule has 0 saturated carbocycles. The number of imidazole rings is 1. The van der Waals surface area contributed by atoms with Crippen molar-refractivity contribution in [2.45, 2.75) is 0 Å². The molecule has 0 aliphatic rings. The average molecular weight is 368 g/mol. The summed E-state index contributed by atoms with van der Waals surface area (Å²) in [6.45, 7) is 0. The van der Waals surface area contributed by atoms with Crippen molar-refractivity contribution in [1.82, 2.24) is 15.0 Å². The monoisotopic (exact) mass is 368 g/mol. The second-order valence-electron chi connectivity index (χ2n) is 5.34. The number of pyridine rings is 1. The molecule has 0 aliphatic heterocycles. The van der Waals surface area contributed by atoms with Crippen LogP contribution in [0.4, 0.5) is 15.9 Å². The molecule has 3 rings (SSSR count). The smallest absolute Gasteiger partial charge is 0.274 e. The number of primary amides is 1. The molecule has 0 radical (unpaired) electrons. The highest BCUT2D eigenvalue weighted by Gasteiger charge is 2.18. The first kappa shape index (κ1) is 17.7. The average Bonchev–Trinajstić information content (AvgIpc) is 3.14. The van der Waals surface area contributed by atoms with Gasteiger partial charge in [-0.3, -0.25) is 14.4 Å². The summed E-state index contributed by atoms with van der Waals surface area (Å²) in [5.41, 5.74) is 5.48. The van der Waals surface area contributed by atoms with Gasteiger partial charge in [0.05, 0.1) is 18.2 Å². The zero-order valence-corrected chi connectivity index (χ0v) is 13.7. The van der Waals surface area contributed by atoms with Gasteiger partial charge in [0.25, 0.3) is 17.7 Å². The predicted octanol–water partition coefficient (Wildman–Crippen LogP) is 1.55. The van der Waals surface area contributed by atoms with Crippen molar-refractivity contribution in [1.29, 1.82) is 0 Å². The minimum Gasteiger partial charge on any atom is -0.364 e. The van der Waals surface area contributed by atoms with Crippen molar-refractivity contribution >= 4 is 29.2 Å². The number of anilines is 2. The third-order valence-corrected chi connectivity index (χ3v) is 3.47. The lowest BCUT2D eigenvalue weighted by Gasteiger charge is -2.07. The molecule has 5 N–H and O–H groups in total. The van der Waals surface area contributed by atoms with Gasteiger partial charge in [-0.15, -0.1) is 0 Å². The molecule has 27 heavy (non-hydrogen) atoms. The molecule has 2 heterocycles. The Kier molecular flexibility index (Phi) is 4.88. The van der Waals surface area contributed by atoms with Crippen molar-refractivity contribution in [3.8, 4) is 0 Å². The molecule has 0 atom stereocenters. The van der Waals surface area contributed by atoms with Crippen molar-refractivity contribution < 1.29 is 18.8 Å². The Hall–Kier alpha value is -4.08. The van der Waals surface area contributed by atoms with Crippen molar-refractivity contribution in [3.05, 3.63) is 71.7 Å². The van der Waals surface area contributed by atoms with Crippen LogP contribution in [0.25, 0.3) is 0 Å². The molecule has 0 saturated heterocycles. The fraction of sp³-hybridized carbons (Fsp3) is 0. The number of rotatable bonds is 5. The SMILES string of the molecule is NC(=O)c1nc[nH]c1C(=O)Nc1ccc(NC(=O)c2ccc(F)cc2)nc1. The van der Waals surface area contributed by atoms with E-state index in [4.69, 9.17) is 5.73 Å². The number of hydrogen-bond donors (Lipinski definition) is 4. The first-order valence-corrected chi connectivity index (χ1v) is 7.61. The van der Waals surface area contributed by atoms with E-state index in [1.807, 2.05) is 0 Å². The molecule has 3 aromatic rings. The molecule has 0 aliphatic carbocycles. The Morgan fingerprint density at radius 1 is 0.963 bits per heavy atom. The first-order valence-electron chi connectivity index (χ1n) is 7.61. The lowest BCUT2D eigenvalue weighted by molar-refractivity contribution is 0.0972. The largest absolute Gasteiger partial charge is 0.364 e. The number of nitrogens with one attached hydrogen (secondary N) is 3. The number of H-pyrrole nitrogens is 1. The summed E-state index contributed by atoms with van der Waals surface area (Å²) in [6.07, 6.45) is 2.50. The maximum Gasteiger partial charge on any atom is 0.274 e. The van der Waals surface area contributed by atoms with Crippen LogP contribution in [0.5, 0.6) is 0 Å². The molecule has 9 nitrogen and oxygen atoms in total. The van der Waals surface area contributed by atoms with Crippen LogP contribution in [0.2, 0.25) is 0 Å². The van der Waals surface area contributed by atoms with Gasteiger partial charge in [-0.25, -0.2) is 14.4 Å². The van der Waals surface area contributed by atoms with Crippen LogP contribution in [-0.2, 0) is 0 Å². The van der Waals surface area contributed by atoms with Crippen LogP contribution >= 0.6 is 0 Å². The van der Waals surface area contributed by atoms with Crippen LogP contribution in [0.3, 0.4) is 0 Å². The number of amides is 3. The van der Waals surface area contributed by atoms with E-state index in [9.17, 15) is 18.8 Å². The van der Waals surface area contributed by atoms with E-state index < -0.39 is 23.5 Å². The predicted molar refractivity (Wildman–Crippen MR) is 93.6 cm³/mol. The Morgan fingerprint density at radius 3 is 2.33 bits per heavy atom. The van der Waals surface area contributed by atoms with E-state index in [0.717, 1.165) is 0 Å². The van der Waals surface area contributed by atoms with E-state index >= 15 is 0 Å². The Balaban J connectivity index is 1.65. The summed E-state index contributed by atoms with van der Waals surface area (Å²) < 4.78 is 12.9. The highest BCUT2D eigenvalue weighted by atomic mass is 19.1. The number of carbonyl (C=O) groups excluding carboxylic acids is 3. The van der Waals surface area contributed by atoms with E-state index in [0.29, 0.717) is 5.69 Å². The fourth-order valence-electron chi connectivity index (χ4n) is 2.18. The highest BCUT2D eigenvalue weighted by Crippen LogP contribution is 2.13. The van der Waals surface area contributed by atoms with E-state index in [1.54, 1.807) is 0 Å². The van der Waals surface area contributed by atoms with Gasteiger partial charge in [-0.2, -0.15) is 0 Å². The summed E-state index contributed by atoms with van der Waals surface area (Å²) in [7, 11) is 0. The topological polar surface area (TPSA) is 143 Å². The van der Waals surface area contributed by atoms with Crippen LogP contribution in [-0.4, -0.2) is 32.7 Å². The normalized spacial score (nSPS) is 10.3. The van der Waals surface area contributed by atoms with Gasteiger partial charge in [0.15, 0.2) is 5.69 Å². The summed E-state index contributed by atoms with van der Waals surface area (Å²) in [5, 5.41) is 5.07. The maximum absolute atomic E-state index is 12.9.